The Morgan fingerprint density at radius 2 is 2.03 bits per heavy atom. The molecule has 0 amide bonds. The van der Waals surface area contributed by atoms with E-state index in [2.05, 4.69) is 32.9 Å². The molecule has 0 saturated heterocycles. The van der Waals surface area contributed by atoms with Gasteiger partial charge in [-0.05, 0) is 43.9 Å². The van der Waals surface area contributed by atoms with E-state index in [1.165, 1.54) is 12.8 Å². The van der Waals surface area contributed by atoms with Crippen LogP contribution >= 0.6 is 0 Å². The predicted octanol–water partition coefficient (Wildman–Crippen LogP) is 3.57. The number of pyridine rings is 1. The smallest absolute Gasteiger partial charge is 0.191 e. The molecule has 1 aromatic carbocycles. The lowest BCUT2D eigenvalue weighted by Gasteiger charge is -2.20. The number of nitrogens with one attached hydrogen (secondary N) is 2. The number of methoxy groups -OCH3 is 1. The molecule has 4 rings (SSSR count). The zero-order valence-corrected chi connectivity index (χ0v) is 18.3. The number of ether oxygens (including phenoxy) is 2. The second-order valence-electron chi connectivity index (χ2n) is 7.77. The van der Waals surface area contributed by atoms with Gasteiger partial charge in [0, 0.05) is 44.5 Å². The number of imidazole rings is 1. The van der Waals surface area contributed by atoms with Crippen LogP contribution in [0.3, 0.4) is 0 Å². The van der Waals surface area contributed by atoms with Gasteiger partial charge in [-0.15, -0.1) is 0 Å². The van der Waals surface area contributed by atoms with Crippen LogP contribution in [-0.2, 0) is 13.0 Å². The third-order valence-electron chi connectivity index (χ3n) is 5.62. The number of aliphatic imine (C=N–C) groups is 1. The molecule has 1 aliphatic carbocycles. The molecule has 164 valence electrons. The maximum Gasteiger partial charge on any atom is 0.191 e. The lowest BCUT2D eigenvalue weighted by Crippen LogP contribution is -2.38. The van der Waals surface area contributed by atoms with Crippen molar-refractivity contribution in [2.24, 2.45) is 4.99 Å². The zero-order chi connectivity index (χ0) is 21.5. The van der Waals surface area contributed by atoms with E-state index in [0.29, 0.717) is 6.54 Å². The Labute approximate surface area is 183 Å². The van der Waals surface area contributed by atoms with Crippen LogP contribution in [0.4, 0.5) is 0 Å². The third kappa shape index (κ3) is 5.29. The van der Waals surface area contributed by atoms with Crippen LogP contribution in [0.1, 0.15) is 36.9 Å². The van der Waals surface area contributed by atoms with Gasteiger partial charge in [-0.3, -0.25) is 4.99 Å². The minimum atomic E-state index is 0.276. The molecule has 0 unspecified atom stereocenters. The zero-order valence-electron chi connectivity index (χ0n) is 18.3. The first-order chi connectivity index (χ1) is 15.3. The van der Waals surface area contributed by atoms with Crippen molar-refractivity contribution in [3.05, 3.63) is 60.0 Å². The van der Waals surface area contributed by atoms with Gasteiger partial charge < -0.3 is 24.5 Å². The average molecular weight is 422 g/mol. The summed E-state index contributed by atoms with van der Waals surface area (Å²) in [4.78, 5) is 8.99. The summed E-state index contributed by atoms with van der Waals surface area (Å²) >= 11 is 0. The molecule has 2 aromatic heterocycles. The summed E-state index contributed by atoms with van der Waals surface area (Å²) in [6.45, 7) is 1.35. The fourth-order valence-corrected chi connectivity index (χ4v) is 3.98. The minimum Gasteiger partial charge on any atom is -0.493 e. The number of rotatable bonds is 8. The molecule has 3 aromatic rings. The topological polar surface area (TPSA) is 72.2 Å². The highest BCUT2D eigenvalue weighted by Gasteiger charge is 2.20. The van der Waals surface area contributed by atoms with Crippen molar-refractivity contribution in [2.75, 3.05) is 20.7 Å². The first-order valence-electron chi connectivity index (χ1n) is 11.0. The van der Waals surface area contributed by atoms with Crippen LogP contribution in [0.15, 0.2) is 53.8 Å². The number of fused-ring (bicyclic) bond motifs is 1. The van der Waals surface area contributed by atoms with Crippen LogP contribution in [0.5, 0.6) is 11.5 Å². The molecule has 1 saturated carbocycles. The molecule has 2 N–H and O–H groups in total. The number of hydrogen-bond donors (Lipinski definition) is 2. The fraction of sp³-hybridized carbons (Fsp3) is 0.417. The van der Waals surface area contributed by atoms with E-state index in [9.17, 15) is 0 Å². The largest absolute Gasteiger partial charge is 0.493 e. The summed E-state index contributed by atoms with van der Waals surface area (Å²) in [7, 11) is 3.47. The van der Waals surface area contributed by atoms with Crippen molar-refractivity contribution in [3.8, 4) is 11.5 Å². The Morgan fingerprint density at radius 3 is 2.81 bits per heavy atom. The van der Waals surface area contributed by atoms with Gasteiger partial charge in [-0.1, -0.05) is 18.2 Å². The maximum absolute atomic E-state index is 6.33. The maximum atomic E-state index is 6.33. The van der Waals surface area contributed by atoms with Crippen LogP contribution in [-0.4, -0.2) is 42.2 Å². The van der Waals surface area contributed by atoms with Crippen LogP contribution in [0.25, 0.3) is 5.65 Å². The highest BCUT2D eigenvalue weighted by molar-refractivity contribution is 5.79. The molecule has 0 atom stereocenters. The van der Waals surface area contributed by atoms with Crippen LogP contribution < -0.4 is 20.1 Å². The lowest BCUT2D eigenvalue weighted by atomic mass is 10.1. The number of hydrogen-bond acceptors (Lipinski definition) is 4. The molecule has 31 heavy (non-hydrogen) atoms. The molecule has 2 heterocycles. The van der Waals surface area contributed by atoms with Crippen molar-refractivity contribution in [1.29, 1.82) is 0 Å². The molecular weight excluding hydrogens is 390 g/mol. The normalized spacial score (nSPS) is 14.7. The van der Waals surface area contributed by atoms with E-state index in [-0.39, 0.29) is 6.10 Å². The Balaban J connectivity index is 1.33. The van der Waals surface area contributed by atoms with Gasteiger partial charge in [-0.25, -0.2) is 4.98 Å². The quantitative estimate of drug-likeness (QED) is 0.430. The Hall–Kier alpha value is -3.22. The van der Waals surface area contributed by atoms with Crippen LogP contribution in [0.2, 0.25) is 0 Å². The molecule has 1 fully saturated rings. The van der Waals surface area contributed by atoms with E-state index in [4.69, 9.17) is 9.47 Å². The number of guanidine groups is 1. The first-order valence-corrected chi connectivity index (χ1v) is 11.0. The van der Waals surface area contributed by atoms with Gasteiger partial charge in [0.25, 0.3) is 0 Å². The second-order valence-corrected chi connectivity index (χ2v) is 7.77. The molecule has 0 spiro atoms. The van der Waals surface area contributed by atoms with Crippen molar-refractivity contribution >= 4 is 11.6 Å². The summed E-state index contributed by atoms with van der Waals surface area (Å²) in [5.41, 5.74) is 3.08. The molecular formula is C24H31N5O2. The number of para-hydroxylation sites is 1. The van der Waals surface area contributed by atoms with Gasteiger partial charge in [0.2, 0.25) is 0 Å². The molecule has 1 aliphatic rings. The van der Waals surface area contributed by atoms with Gasteiger partial charge >= 0.3 is 0 Å². The predicted molar refractivity (Wildman–Crippen MR) is 123 cm³/mol. The fourth-order valence-electron chi connectivity index (χ4n) is 3.98. The monoisotopic (exact) mass is 421 g/mol. The highest BCUT2D eigenvalue weighted by Crippen LogP contribution is 2.34. The standard InChI is InChI=1S/C24H31N5O2/c1-25-24(26-14-13-19-17-29-15-6-5-12-22(29)28-19)27-16-18-8-7-11-21(30-2)23(18)31-20-9-3-4-10-20/h5-8,11-12,15,17,20H,3-4,9-10,13-14,16H2,1-2H3,(H2,25,26,27). The summed E-state index contributed by atoms with van der Waals surface area (Å²) in [5.74, 6) is 2.36. The van der Waals surface area contributed by atoms with E-state index in [1.54, 1.807) is 14.2 Å². The molecule has 0 radical (unpaired) electrons. The van der Waals surface area contributed by atoms with E-state index in [1.807, 2.05) is 40.9 Å². The minimum absolute atomic E-state index is 0.276. The molecule has 0 bridgehead atoms. The van der Waals surface area contributed by atoms with Crippen molar-refractivity contribution in [3.63, 3.8) is 0 Å². The van der Waals surface area contributed by atoms with Gasteiger partial charge in [-0.2, -0.15) is 0 Å². The van der Waals surface area contributed by atoms with E-state index < -0.39 is 0 Å². The summed E-state index contributed by atoms with van der Waals surface area (Å²) in [6.07, 6.45) is 9.85. The first kappa shape index (κ1) is 21.0. The van der Waals surface area contributed by atoms with Crippen molar-refractivity contribution in [2.45, 2.75) is 44.8 Å². The van der Waals surface area contributed by atoms with Crippen molar-refractivity contribution in [1.82, 2.24) is 20.0 Å². The van der Waals surface area contributed by atoms with E-state index >= 15 is 0 Å². The highest BCUT2D eigenvalue weighted by atomic mass is 16.5. The molecule has 0 aliphatic heterocycles. The Kier molecular flexibility index (Phi) is 6.92. The lowest BCUT2D eigenvalue weighted by molar-refractivity contribution is 0.198. The van der Waals surface area contributed by atoms with Gasteiger partial charge in [0.15, 0.2) is 17.5 Å². The number of aromatic nitrogens is 2. The second kappa shape index (κ2) is 10.2. The van der Waals surface area contributed by atoms with E-state index in [0.717, 1.165) is 60.2 Å². The van der Waals surface area contributed by atoms with Gasteiger partial charge in [0.05, 0.1) is 18.9 Å². The summed E-state index contributed by atoms with van der Waals surface area (Å²) in [5, 5.41) is 6.76. The third-order valence-corrected chi connectivity index (χ3v) is 5.62. The Morgan fingerprint density at radius 1 is 1.16 bits per heavy atom. The summed E-state index contributed by atoms with van der Waals surface area (Å²) in [6, 6.07) is 12.0. The van der Waals surface area contributed by atoms with Crippen LogP contribution in [0, 0.1) is 0 Å². The summed E-state index contributed by atoms with van der Waals surface area (Å²) < 4.78 is 13.9. The number of nitrogens with zero attached hydrogens (tertiary/aromatic N) is 3. The Bertz CT molecular complexity index is 991. The molecule has 7 heteroatoms. The SMILES string of the molecule is CN=C(NCCc1cn2ccccc2n1)NCc1cccc(OC)c1OC1CCCC1. The molecule has 7 nitrogen and oxygen atoms in total. The van der Waals surface area contributed by atoms with Crippen molar-refractivity contribution < 1.29 is 9.47 Å². The average Bonchev–Trinajstić information content (AvgIpc) is 3.46. The number of benzene rings is 1. The van der Waals surface area contributed by atoms with Gasteiger partial charge in [0.1, 0.15) is 5.65 Å².